The summed E-state index contributed by atoms with van der Waals surface area (Å²) in [6.45, 7) is 0. The first-order chi connectivity index (χ1) is 60.7. The zero-order chi connectivity index (χ0) is 82.0. The van der Waals surface area contributed by atoms with Crippen LogP contribution in [-0.4, -0.2) is 57.3 Å². The molecule has 0 saturated carbocycles. The molecule has 9 heterocycles. The number of para-hydroxylation sites is 9. The van der Waals surface area contributed by atoms with Crippen molar-refractivity contribution in [3.8, 4) is 118 Å². The Kier molecular flexibility index (Phi) is 22.4. The Morgan fingerprint density at radius 1 is 0.230 bits per heavy atom. The van der Waals surface area contributed by atoms with Crippen molar-refractivity contribution < 1.29 is 63.2 Å². The van der Waals surface area contributed by atoms with Crippen LogP contribution in [0.25, 0.3) is 217 Å². The van der Waals surface area contributed by atoms with Gasteiger partial charge in [0.05, 0.1) is 50.6 Å². The predicted molar refractivity (Wildman–Crippen MR) is 500 cm³/mol. The molecule has 0 aliphatic rings. The van der Waals surface area contributed by atoms with Gasteiger partial charge in [-0.05, 0) is 150 Å². The number of hydrogen-bond acceptors (Lipinski definition) is 6. The van der Waals surface area contributed by atoms with Gasteiger partial charge in [0.15, 0.2) is 0 Å². The van der Waals surface area contributed by atoms with Crippen molar-refractivity contribution in [2.45, 2.75) is 0 Å². The first-order valence-corrected chi connectivity index (χ1v) is 41.0. The molecule has 0 spiro atoms. The molecule has 0 unspecified atom stereocenters. The maximum absolute atomic E-state index is 4.96. The van der Waals surface area contributed by atoms with Crippen molar-refractivity contribution in [1.82, 2.24) is 57.3 Å². The number of nitrogens with zero attached hydrogens (tertiary/aromatic N) is 12. The summed E-state index contributed by atoms with van der Waals surface area (Å²) in [5.41, 5.74) is 30.4. The summed E-state index contributed by atoms with van der Waals surface area (Å²) in [5, 5.41) is 6.96. The molecule has 126 heavy (non-hydrogen) atoms. The molecular formula is C111H72N12Pt3. The van der Waals surface area contributed by atoms with Gasteiger partial charge in [-0.2, -0.15) is 0 Å². The van der Waals surface area contributed by atoms with Gasteiger partial charge in [-0.3, -0.25) is 15.0 Å². The zero-order valence-electron chi connectivity index (χ0n) is 68.2. The Hall–Kier alpha value is -14.4. The SMILES string of the molecule is Cn1c(-c2[c-]c3c(cc2)c2ccccc2n3-c2[c-]c(-c3ccc(-c4ccccc4)cn3)ccc2)nc2ccccc21.Cn1c(-c2[c-]c3c(cc2)c2ccccc2n3-c2[c-]c(-c3ccccn3)c(-c3ccccc3)cc2)nc2ccccc21.Cn1c(-c2[c-]c3c(cc2)c2ccccc2n3-c2[c-]c(-c3ccccn3)cc(-c3ccccc3)c2)nc2ccccc21.[Pt+2].[Pt+2].[Pt+2]. The number of fused-ring (bicyclic) bond motifs is 12. The van der Waals surface area contributed by atoms with E-state index in [1.165, 1.54) is 16.2 Å². The second kappa shape index (κ2) is 34.7. The van der Waals surface area contributed by atoms with Crippen LogP contribution in [0.2, 0.25) is 0 Å². The predicted octanol–water partition coefficient (Wildman–Crippen LogP) is 26.0. The Morgan fingerprint density at radius 2 is 0.619 bits per heavy atom. The maximum Gasteiger partial charge on any atom is 2.00 e. The Bertz CT molecular complexity index is 8100. The number of benzene rings is 15. The molecule has 0 radical (unpaired) electrons. The smallest absolute Gasteiger partial charge is 0.367 e. The van der Waals surface area contributed by atoms with E-state index >= 15 is 0 Å². The first-order valence-electron chi connectivity index (χ1n) is 41.0. The van der Waals surface area contributed by atoms with E-state index < -0.39 is 0 Å². The topological polar surface area (TPSA) is 107 Å². The van der Waals surface area contributed by atoms with Crippen molar-refractivity contribution in [2.75, 3.05) is 0 Å². The number of aryl methyl sites for hydroxylation is 3. The fraction of sp³-hybridized carbons (Fsp3) is 0.0270. The van der Waals surface area contributed by atoms with Gasteiger partial charge in [0.2, 0.25) is 0 Å². The van der Waals surface area contributed by atoms with Crippen molar-refractivity contribution in [3.63, 3.8) is 0 Å². The molecule has 24 aromatic rings. The van der Waals surface area contributed by atoms with E-state index in [9.17, 15) is 0 Å². The minimum absolute atomic E-state index is 0. The molecule has 0 atom stereocenters. The van der Waals surface area contributed by atoms with Gasteiger partial charge in [0, 0.05) is 56.3 Å². The van der Waals surface area contributed by atoms with Gasteiger partial charge in [-0.15, -0.1) is 149 Å². The van der Waals surface area contributed by atoms with Crippen LogP contribution in [0.4, 0.5) is 0 Å². The van der Waals surface area contributed by atoms with E-state index in [2.05, 4.69) is 351 Å². The van der Waals surface area contributed by atoms with Crippen LogP contribution in [0.15, 0.2) is 383 Å². The maximum atomic E-state index is 4.96. The number of hydrogen-bond donors (Lipinski definition) is 0. The molecule has 606 valence electrons. The molecule has 12 nitrogen and oxygen atoms in total. The van der Waals surface area contributed by atoms with Crippen molar-refractivity contribution in [1.29, 1.82) is 0 Å². The van der Waals surface area contributed by atoms with Crippen LogP contribution < -0.4 is 0 Å². The summed E-state index contributed by atoms with van der Waals surface area (Å²) in [4.78, 5) is 29.0. The monoisotopic (exact) mass is 2160 g/mol. The molecule has 0 aliphatic carbocycles. The minimum atomic E-state index is 0. The van der Waals surface area contributed by atoms with Gasteiger partial charge in [0.1, 0.15) is 0 Å². The van der Waals surface area contributed by atoms with Gasteiger partial charge in [-0.25, -0.2) is 0 Å². The molecule has 9 aromatic heterocycles. The van der Waals surface area contributed by atoms with E-state index in [0.717, 1.165) is 201 Å². The average Bonchev–Trinajstić information content (AvgIpc) is 1.59. The van der Waals surface area contributed by atoms with Gasteiger partial charge >= 0.3 is 63.2 Å². The van der Waals surface area contributed by atoms with E-state index in [1.54, 1.807) is 0 Å². The summed E-state index contributed by atoms with van der Waals surface area (Å²) >= 11 is 0. The van der Waals surface area contributed by atoms with Crippen molar-refractivity contribution in [2.24, 2.45) is 21.1 Å². The summed E-state index contributed by atoms with van der Waals surface area (Å²) in [5.74, 6) is 2.67. The van der Waals surface area contributed by atoms with Crippen LogP contribution in [0.1, 0.15) is 0 Å². The zero-order valence-corrected chi connectivity index (χ0v) is 75.0. The fourth-order valence-electron chi connectivity index (χ4n) is 17.4. The largest absolute Gasteiger partial charge is 2.00 e. The molecule has 15 aromatic carbocycles. The third kappa shape index (κ3) is 14.8. The second-order valence-electron chi connectivity index (χ2n) is 30.6. The average molecular weight is 2160 g/mol. The van der Waals surface area contributed by atoms with Crippen LogP contribution in [0.3, 0.4) is 0 Å². The molecule has 0 aliphatic heterocycles. The molecular weight excluding hydrogens is 2090 g/mol. The fourth-order valence-corrected chi connectivity index (χ4v) is 17.4. The third-order valence-electron chi connectivity index (χ3n) is 23.3. The van der Waals surface area contributed by atoms with E-state index in [1.807, 2.05) is 122 Å². The van der Waals surface area contributed by atoms with Gasteiger partial charge < -0.3 is 42.4 Å². The molecule has 24 rings (SSSR count). The standard InChI is InChI=1S/3C37H24N4.3Pt/c1-40-35-17-8-6-15-33(35)39-37(40)26-18-20-30-29-13-5-7-16-34(29)41(36(30)23-26)27-19-21-28(25-11-3-2-4-12-25)31(24-27)32-14-9-10-22-38-32;1-40-35-17-8-6-15-33(35)39-37(40)26-18-19-31-30-13-5-7-16-34(30)41(36(31)24-26)29-22-27(25-11-3-2-4-12-25)21-28(23-29)32-14-9-10-20-38-32;1-40-35-17-8-6-15-33(35)39-37(40)27-18-20-31-30-14-5-7-16-34(30)41(36(31)23-27)29-13-9-12-26(22-29)32-21-19-28(24-38-32)25-10-3-2-4-11-25;;;/h2*2-22H,1H3;2-21,24H,1H3;;;/q3*-2;3*+2. The van der Waals surface area contributed by atoms with Crippen molar-refractivity contribution in [3.05, 3.63) is 419 Å². The molecule has 15 heteroatoms. The minimum Gasteiger partial charge on any atom is -0.367 e. The van der Waals surface area contributed by atoms with E-state index in [4.69, 9.17) is 24.9 Å². The normalized spacial score (nSPS) is 11.3. The molecule has 0 bridgehead atoms. The molecule has 0 amide bonds. The second-order valence-corrected chi connectivity index (χ2v) is 30.6. The number of imidazole rings is 3. The Balaban J connectivity index is 0.000000122. The summed E-state index contributed by atoms with van der Waals surface area (Å²) in [7, 11) is 6.19. The van der Waals surface area contributed by atoms with Crippen LogP contribution in [0.5, 0.6) is 0 Å². The van der Waals surface area contributed by atoms with Crippen LogP contribution >= 0.6 is 0 Å². The number of aromatic nitrogens is 12. The van der Waals surface area contributed by atoms with Gasteiger partial charge in [-0.1, -0.05) is 251 Å². The molecule has 0 N–H and O–H groups in total. The molecule has 0 saturated heterocycles. The quantitative estimate of drug-likeness (QED) is 0.113. The third-order valence-corrected chi connectivity index (χ3v) is 23.3. The number of rotatable bonds is 12. The van der Waals surface area contributed by atoms with Crippen LogP contribution in [0, 0.1) is 36.4 Å². The number of pyridine rings is 3. The Morgan fingerprint density at radius 3 is 1.06 bits per heavy atom. The van der Waals surface area contributed by atoms with E-state index in [0.29, 0.717) is 0 Å². The molecule has 0 fully saturated rings. The van der Waals surface area contributed by atoms with Gasteiger partial charge in [0.25, 0.3) is 0 Å². The van der Waals surface area contributed by atoms with Crippen molar-refractivity contribution >= 4 is 98.5 Å². The summed E-state index contributed by atoms with van der Waals surface area (Å²) in [6.07, 6.45) is 5.60. The van der Waals surface area contributed by atoms with E-state index in [-0.39, 0.29) is 63.2 Å². The summed E-state index contributed by atoms with van der Waals surface area (Å²) < 4.78 is 13.2. The Labute approximate surface area is 770 Å². The van der Waals surface area contributed by atoms with Crippen LogP contribution in [-0.2, 0) is 84.3 Å². The first kappa shape index (κ1) is 81.3. The summed E-state index contributed by atoms with van der Waals surface area (Å²) in [6, 6.07) is 148.